The van der Waals surface area contributed by atoms with Crippen LogP contribution in [0.4, 0.5) is 0 Å². The van der Waals surface area contributed by atoms with E-state index in [0.29, 0.717) is 12.8 Å². The van der Waals surface area contributed by atoms with Gasteiger partial charge in [0.05, 0.1) is 27.8 Å². The van der Waals surface area contributed by atoms with Gasteiger partial charge in [0.2, 0.25) is 0 Å². The maximum atomic E-state index is 10.3. The average Bonchev–Trinajstić information content (AvgIpc) is 3.01. The Morgan fingerprint density at radius 1 is 1.24 bits per heavy atom. The zero-order valence-corrected chi connectivity index (χ0v) is 13.1. The minimum absolute atomic E-state index is 0.450. The zero-order chi connectivity index (χ0) is 14.8. The first-order chi connectivity index (χ1) is 10.2. The van der Waals surface area contributed by atoms with Gasteiger partial charge < -0.3 is 9.67 Å². The summed E-state index contributed by atoms with van der Waals surface area (Å²) in [7, 11) is 0. The second-order valence-electron chi connectivity index (χ2n) is 5.18. The summed E-state index contributed by atoms with van der Waals surface area (Å²) >= 11 is 1.62. The number of aromatic nitrogens is 3. The molecule has 1 atom stereocenters. The molecule has 0 saturated carbocycles. The van der Waals surface area contributed by atoms with Gasteiger partial charge in [-0.2, -0.15) is 0 Å². The van der Waals surface area contributed by atoms with Crippen LogP contribution in [0.2, 0.25) is 0 Å². The first-order valence-electron chi connectivity index (χ1n) is 7.20. The number of nitrogens with zero attached hydrogens (tertiary/aromatic N) is 3. The monoisotopic (exact) mass is 301 g/mol. The first-order valence-corrected chi connectivity index (χ1v) is 8.08. The number of hydrogen-bond donors (Lipinski definition) is 1. The van der Waals surface area contributed by atoms with Gasteiger partial charge in [0.15, 0.2) is 0 Å². The molecule has 2 aromatic heterocycles. The van der Waals surface area contributed by atoms with Crippen molar-refractivity contribution >= 4 is 22.4 Å². The van der Waals surface area contributed by atoms with Crippen LogP contribution in [0, 0.1) is 6.92 Å². The number of imidazole rings is 1. The average molecular weight is 301 g/mol. The summed E-state index contributed by atoms with van der Waals surface area (Å²) in [6.45, 7) is 4.95. The van der Waals surface area contributed by atoms with Crippen LogP contribution in [0.3, 0.4) is 0 Å². The third kappa shape index (κ3) is 2.99. The quantitative estimate of drug-likeness (QED) is 0.788. The topological polar surface area (TPSA) is 50.9 Å². The molecule has 0 radical (unpaired) electrons. The van der Waals surface area contributed by atoms with Gasteiger partial charge in [-0.15, -0.1) is 11.3 Å². The second-order valence-corrected chi connectivity index (χ2v) is 6.24. The molecule has 4 nitrogen and oxygen atoms in total. The van der Waals surface area contributed by atoms with Crippen molar-refractivity contribution in [2.24, 2.45) is 0 Å². The van der Waals surface area contributed by atoms with Gasteiger partial charge in [0.1, 0.15) is 5.82 Å². The summed E-state index contributed by atoms with van der Waals surface area (Å²) < 4.78 is 2.17. The summed E-state index contributed by atoms with van der Waals surface area (Å²) in [6.07, 6.45) is 0.685. The number of aryl methyl sites for hydroxylation is 2. The molecule has 0 saturated heterocycles. The van der Waals surface area contributed by atoms with Gasteiger partial charge >= 0.3 is 0 Å². The molecule has 0 aliphatic rings. The lowest BCUT2D eigenvalue weighted by molar-refractivity contribution is 0.171. The second kappa shape index (κ2) is 5.95. The fourth-order valence-electron chi connectivity index (χ4n) is 2.66. The Morgan fingerprint density at radius 3 is 2.76 bits per heavy atom. The van der Waals surface area contributed by atoms with Gasteiger partial charge in [-0.25, -0.2) is 9.97 Å². The summed E-state index contributed by atoms with van der Waals surface area (Å²) in [6, 6.07) is 8.11. The molecule has 0 bridgehead atoms. The molecule has 5 heteroatoms. The van der Waals surface area contributed by atoms with Crippen LogP contribution in [-0.4, -0.2) is 25.7 Å². The summed E-state index contributed by atoms with van der Waals surface area (Å²) in [5, 5.41) is 13.4. The van der Waals surface area contributed by atoms with E-state index in [1.54, 1.807) is 11.3 Å². The van der Waals surface area contributed by atoms with Gasteiger partial charge in [-0.1, -0.05) is 12.1 Å². The third-order valence-corrected chi connectivity index (χ3v) is 4.40. The van der Waals surface area contributed by atoms with Gasteiger partial charge in [0, 0.05) is 24.8 Å². The van der Waals surface area contributed by atoms with E-state index < -0.39 is 6.10 Å². The fourth-order valence-corrected chi connectivity index (χ4v) is 3.29. The normalized spacial score (nSPS) is 12.9. The number of hydrogen-bond acceptors (Lipinski definition) is 4. The van der Waals surface area contributed by atoms with E-state index in [-0.39, 0.29) is 0 Å². The van der Waals surface area contributed by atoms with Crippen molar-refractivity contribution in [3.63, 3.8) is 0 Å². The highest BCUT2D eigenvalue weighted by molar-refractivity contribution is 7.09. The van der Waals surface area contributed by atoms with E-state index in [9.17, 15) is 5.11 Å². The lowest BCUT2D eigenvalue weighted by Gasteiger charge is -2.10. The van der Waals surface area contributed by atoms with Crippen molar-refractivity contribution in [1.82, 2.24) is 14.5 Å². The highest BCUT2D eigenvalue weighted by Gasteiger charge is 2.15. The number of aliphatic hydroxyl groups excluding tert-OH is 1. The van der Waals surface area contributed by atoms with Crippen LogP contribution in [0.5, 0.6) is 0 Å². The SMILES string of the molecule is CCn1c(CC(O)Cc2csc(C)n2)nc2ccccc21. The molecule has 0 aliphatic carbocycles. The number of para-hydroxylation sites is 2. The number of fused-ring (bicyclic) bond motifs is 1. The predicted molar refractivity (Wildman–Crippen MR) is 85.7 cm³/mol. The van der Waals surface area contributed by atoms with E-state index in [2.05, 4.69) is 27.5 Å². The fraction of sp³-hybridized carbons (Fsp3) is 0.375. The van der Waals surface area contributed by atoms with E-state index in [4.69, 9.17) is 0 Å². The van der Waals surface area contributed by atoms with Crippen molar-refractivity contribution in [1.29, 1.82) is 0 Å². The van der Waals surface area contributed by atoms with Crippen molar-refractivity contribution in [3.8, 4) is 0 Å². The smallest absolute Gasteiger partial charge is 0.112 e. The Morgan fingerprint density at radius 2 is 2.05 bits per heavy atom. The maximum Gasteiger partial charge on any atom is 0.112 e. The van der Waals surface area contributed by atoms with E-state index >= 15 is 0 Å². The van der Waals surface area contributed by atoms with Crippen molar-refractivity contribution in [2.75, 3.05) is 0 Å². The van der Waals surface area contributed by atoms with Gasteiger partial charge in [0.25, 0.3) is 0 Å². The van der Waals surface area contributed by atoms with Crippen molar-refractivity contribution in [2.45, 2.75) is 39.3 Å². The van der Waals surface area contributed by atoms with E-state index in [0.717, 1.165) is 34.1 Å². The van der Waals surface area contributed by atoms with E-state index in [1.165, 1.54) is 0 Å². The molecule has 0 amide bonds. The zero-order valence-electron chi connectivity index (χ0n) is 12.3. The van der Waals surface area contributed by atoms with Crippen LogP contribution >= 0.6 is 11.3 Å². The molecule has 110 valence electrons. The standard InChI is InChI=1S/C16H19N3OS/c1-3-19-15-7-5-4-6-14(15)18-16(19)9-13(20)8-12-10-21-11(2)17-12/h4-7,10,13,20H,3,8-9H2,1-2H3. The summed E-state index contributed by atoms with van der Waals surface area (Å²) in [5.74, 6) is 0.943. The molecule has 0 spiro atoms. The molecule has 3 rings (SSSR count). The molecule has 21 heavy (non-hydrogen) atoms. The molecule has 0 aliphatic heterocycles. The third-order valence-electron chi connectivity index (χ3n) is 3.58. The van der Waals surface area contributed by atoms with Crippen molar-refractivity contribution in [3.05, 3.63) is 46.2 Å². The molecular formula is C16H19N3OS. The highest BCUT2D eigenvalue weighted by atomic mass is 32.1. The largest absolute Gasteiger partial charge is 0.392 e. The van der Waals surface area contributed by atoms with Crippen LogP contribution in [0.15, 0.2) is 29.6 Å². The summed E-state index contributed by atoms with van der Waals surface area (Å²) in [4.78, 5) is 9.06. The maximum absolute atomic E-state index is 10.3. The molecule has 3 aromatic rings. The molecule has 1 aromatic carbocycles. The summed E-state index contributed by atoms with van der Waals surface area (Å²) in [5.41, 5.74) is 3.09. The Bertz CT molecular complexity index is 747. The van der Waals surface area contributed by atoms with Crippen molar-refractivity contribution < 1.29 is 5.11 Å². The minimum atomic E-state index is -0.450. The Hall–Kier alpha value is -1.72. The van der Waals surface area contributed by atoms with Crippen LogP contribution < -0.4 is 0 Å². The molecule has 1 unspecified atom stereocenters. The molecular weight excluding hydrogens is 282 g/mol. The Labute approximate surface area is 128 Å². The highest BCUT2D eigenvalue weighted by Crippen LogP contribution is 2.18. The predicted octanol–water partition coefficient (Wildman–Crippen LogP) is 2.97. The molecule has 2 heterocycles. The lowest BCUT2D eigenvalue weighted by Crippen LogP contribution is -2.17. The number of rotatable bonds is 5. The number of benzene rings is 1. The Balaban J connectivity index is 1.80. The van der Waals surface area contributed by atoms with Crippen LogP contribution in [0.1, 0.15) is 23.4 Å². The lowest BCUT2D eigenvalue weighted by atomic mass is 10.1. The minimum Gasteiger partial charge on any atom is -0.392 e. The van der Waals surface area contributed by atoms with Gasteiger partial charge in [-0.3, -0.25) is 0 Å². The first kappa shape index (κ1) is 14.2. The molecule has 0 fully saturated rings. The molecule has 1 N–H and O–H groups in total. The van der Waals surface area contributed by atoms with Crippen LogP contribution in [-0.2, 0) is 19.4 Å². The Kier molecular flexibility index (Phi) is 4.03. The number of aliphatic hydroxyl groups is 1. The van der Waals surface area contributed by atoms with Crippen LogP contribution in [0.25, 0.3) is 11.0 Å². The van der Waals surface area contributed by atoms with Gasteiger partial charge in [-0.05, 0) is 26.0 Å². The number of thiazole rings is 1. The van der Waals surface area contributed by atoms with E-state index in [1.807, 2.05) is 30.5 Å².